The van der Waals surface area contributed by atoms with Crippen LogP contribution in [0.2, 0.25) is 0 Å². The molecule has 210 valence electrons. The van der Waals surface area contributed by atoms with Crippen LogP contribution in [0.1, 0.15) is 37.7 Å². The largest absolute Gasteiger partial charge is 0.358 e. The fourth-order valence-corrected chi connectivity index (χ4v) is 5.92. The third-order valence-corrected chi connectivity index (χ3v) is 8.37. The van der Waals surface area contributed by atoms with E-state index in [-0.39, 0.29) is 23.4 Å². The van der Waals surface area contributed by atoms with Gasteiger partial charge in [-0.25, -0.2) is 22.8 Å². The zero-order valence-corrected chi connectivity index (χ0v) is 23.2. The van der Waals surface area contributed by atoms with Crippen LogP contribution in [0.3, 0.4) is 0 Å². The molecule has 6 rings (SSSR count). The molecule has 1 aliphatic carbocycles. The number of anilines is 3. The van der Waals surface area contributed by atoms with Crippen molar-refractivity contribution in [3.63, 3.8) is 0 Å². The monoisotopic (exact) mass is 567 g/mol. The van der Waals surface area contributed by atoms with Crippen molar-refractivity contribution in [2.24, 2.45) is 13.0 Å². The Labute approximate surface area is 230 Å². The summed E-state index contributed by atoms with van der Waals surface area (Å²) in [7, 11) is -1.87. The molecule has 13 heteroatoms. The summed E-state index contributed by atoms with van der Waals surface area (Å²) in [6, 6.07) is 8.44. The van der Waals surface area contributed by atoms with E-state index in [0.717, 1.165) is 25.5 Å². The summed E-state index contributed by atoms with van der Waals surface area (Å²) in [5, 5.41) is 10.3. The highest BCUT2D eigenvalue weighted by molar-refractivity contribution is 7.90. The molecule has 2 N–H and O–H groups in total. The quantitative estimate of drug-likeness (QED) is 0.338. The molecule has 4 heterocycles. The molecule has 11 nitrogen and oxygen atoms in total. The number of aryl methyl sites for hydroxylation is 2. The summed E-state index contributed by atoms with van der Waals surface area (Å²) in [6.07, 6.45) is 4.44. The highest BCUT2D eigenvalue weighted by Crippen LogP contribution is 2.37. The molecule has 2 fully saturated rings. The summed E-state index contributed by atoms with van der Waals surface area (Å²) in [6.45, 7) is 2.47. The second kappa shape index (κ2) is 9.97. The van der Waals surface area contributed by atoms with Gasteiger partial charge in [-0.2, -0.15) is 5.10 Å². The van der Waals surface area contributed by atoms with Crippen molar-refractivity contribution >= 4 is 44.1 Å². The molecule has 1 aliphatic heterocycles. The van der Waals surface area contributed by atoms with Gasteiger partial charge in [0, 0.05) is 37.7 Å². The molecule has 1 amide bonds. The lowest BCUT2D eigenvalue weighted by atomic mass is 10.1. The van der Waals surface area contributed by atoms with E-state index in [1.165, 1.54) is 0 Å². The zero-order valence-electron chi connectivity index (χ0n) is 22.4. The van der Waals surface area contributed by atoms with E-state index in [9.17, 15) is 17.6 Å². The van der Waals surface area contributed by atoms with Crippen LogP contribution in [0.25, 0.3) is 22.4 Å². The van der Waals surface area contributed by atoms with Crippen LogP contribution in [-0.2, 0) is 26.4 Å². The smallest absolute Gasteiger partial charge is 0.231 e. The first kappa shape index (κ1) is 26.4. The van der Waals surface area contributed by atoms with Crippen molar-refractivity contribution in [1.82, 2.24) is 24.3 Å². The maximum atomic E-state index is 13.6. The van der Waals surface area contributed by atoms with Gasteiger partial charge in [0.05, 0.1) is 27.9 Å². The Morgan fingerprint density at radius 1 is 1.15 bits per heavy atom. The normalized spacial score (nSPS) is 20.9. The number of halogens is 1. The van der Waals surface area contributed by atoms with E-state index >= 15 is 0 Å². The first-order chi connectivity index (χ1) is 19.1. The van der Waals surface area contributed by atoms with Gasteiger partial charge in [-0.1, -0.05) is 6.07 Å². The van der Waals surface area contributed by atoms with Crippen LogP contribution >= 0.6 is 0 Å². The standard InChI is InChI=1S/C27H30FN7O4S/c1-15-29-25-21(30-20-8-7-16(12-22(20)40(3,37)38)19-9-10-34(2)33-19)14-23(32-27(36)17-13-18(17)28)31-26(25)35(15)24-6-4-5-11-39-24/h7-10,12,14,17-18,24H,4-6,11,13H2,1-3H3,(H2,30,31,32,36)/t17-,18+,24?/m1/s1. The van der Waals surface area contributed by atoms with Crippen LogP contribution in [0.4, 0.5) is 21.6 Å². The van der Waals surface area contributed by atoms with Crippen molar-refractivity contribution < 1.29 is 22.3 Å². The van der Waals surface area contributed by atoms with Crippen molar-refractivity contribution in [3.05, 3.63) is 42.4 Å². The molecule has 4 aromatic rings. The number of pyridine rings is 1. The maximum Gasteiger partial charge on any atom is 0.231 e. The fourth-order valence-electron chi connectivity index (χ4n) is 5.06. The molecule has 40 heavy (non-hydrogen) atoms. The Morgan fingerprint density at radius 3 is 2.60 bits per heavy atom. The Kier molecular flexibility index (Phi) is 6.57. The molecule has 0 bridgehead atoms. The van der Waals surface area contributed by atoms with Crippen LogP contribution < -0.4 is 10.6 Å². The minimum atomic E-state index is -3.66. The number of hydrogen-bond acceptors (Lipinski definition) is 8. The number of carbonyl (C=O) groups excluding carboxylic acids is 1. The lowest BCUT2D eigenvalue weighted by molar-refractivity contribution is -0.117. The Balaban J connectivity index is 1.45. The van der Waals surface area contributed by atoms with Crippen LogP contribution in [0.15, 0.2) is 41.4 Å². The minimum absolute atomic E-state index is 0.0798. The molecule has 0 spiro atoms. The van der Waals surface area contributed by atoms with Gasteiger partial charge in [-0.05, 0) is 50.8 Å². The van der Waals surface area contributed by atoms with Gasteiger partial charge >= 0.3 is 0 Å². The molecule has 1 saturated carbocycles. The second-order valence-electron chi connectivity index (χ2n) is 10.4. The summed E-state index contributed by atoms with van der Waals surface area (Å²) >= 11 is 0. The number of benzene rings is 1. The predicted octanol–water partition coefficient (Wildman–Crippen LogP) is 4.28. The second-order valence-corrected chi connectivity index (χ2v) is 12.4. The van der Waals surface area contributed by atoms with Crippen LogP contribution in [0.5, 0.6) is 0 Å². The first-order valence-corrected chi connectivity index (χ1v) is 15.0. The summed E-state index contributed by atoms with van der Waals surface area (Å²) in [5.41, 5.74) is 3.04. The molecular weight excluding hydrogens is 537 g/mol. The van der Waals surface area contributed by atoms with Crippen LogP contribution in [0, 0.1) is 12.8 Å². The number of nitrogens with one attached hydrogen (secondary N) is 2. The summed E-state index contributed by atoms with van der Waals surface area (Å²) in [5.74, 6) is -0.264. The van der Waals surface area contributed by atoms with Gasteiger partial charge in [-0.15, -0.1) is 0 Å². The van der Waals surface area contributed by atoms with Gasteiger partial charge in [0.1, 0.15) is 29.6 Å². The van der Waals surface area contributed by atoms with Gasteiger partial charge in [0.2, 0.25) is 5.91 Å². The average molecular weight is 568 g/mol. The van der Waals surface area contributed by atoms with Crippen LogP contribution in [-0.4, -0.2) is 57.7 Å². The molecule has 1 aromatic carbocycles. The molecule has 0 radical (unpaired) electrons. The van der Waals surface area contributed by atoms with Crippen molar-refractivity contribution in [1.29, 1.82) is 0 Å². The Bertz CT molecular complexity index is 1730. The number of fused-ring (bicyclic) bond motifs is 1. The number of ether oxygens (including phenoxy) is 1. The van der Waals surface area contributed by atoms with E-state index in [0.29, 0.717) is 46.2 Å². The molecule has 2 aliphatic rings. The van der Waals surface area contributed by atoms with E-state index in [2.05, 4.69) is 20.7 Å². The van der Waals surface area contributed by atoms with Gasteiger partial charge in [0.15, 0.2) is 15.5 Å². The summed E-state index contributed by atoms with van der Waals surface area (Å²) < 4.78 is 48.9. The molecule has 1 unspecified atom stereocenters. The Morgan fingerprint density at radius 2 is 1.95 bits per heavy atom. The fraction of sp³-hybridized carbons (Fsp3) is 0.407. The number of carbonyl (C=O) groups is 1. The zero-order chi connectivity index (χ0) is 28.2. The average Bonchev–Trinajstić information content (AvgIpc) is 3.33. The highest BCUT2D eigenvalue weighted by Gasteiger charge is 2.43. The van der Waals surface area contributed by atoms with Crippen molar-refractivity contribution in [2.45, 2.75) is 49.9 Å². The number of sulfone groups is 1. The first-order valence-electron chi connectivity index (χ1n) is 13.2. The number of aromatic nitrogens is 5. The third-order valence-electron chi connectivity index (χ3n) is 7.23. The van der Waals surface area contributed by atoms with Gasteiger partial charge < -0.3 is 15.4 Å². The SMILES string of the molecule is Cc1nc2c(Nc3ccc(-c4ccn(C)n4)cc3S(C)(=O)=O)cc(NC(=O)[C@@H]3C[C@@H]3F)nc2n1C1CCCCO1. The van der Waals surface area contributed by atoms with E-state index in [1.54, 1.807) is 48.3 Å². The van der Waals surface area contributed by atoms with Gasteiger partial charge in [-0.3, -0.25) is 14.0 Å². The summed E-state index contributed by atoms with van der Waals surface area (Å²) in [4.78, 5) is 22.1. The number of rotatable bonds is 7. The third kappa shape index (κ3) is 5.06. The minimum Gasteiger partial charge on any atom is -0.358 e. The number of imidazole rings is 1. The van der Waals surface area contributed by atoms with E-state index in [4.69, 9.17) is 9.72 Å². The van der Waals surface area contributed by atoms with E-state index in [1.807, 2.05) is 11.5 Å². The molecule has 1 saturated heterocycles. The van der Waals surface area contributed by atoms with Crippen molar-refractivity contribution in [3.8, 4) is 11.3 Å². The number of alkyl halides is 1. The lowest BCUT2D eigenvalue weighted by Gasteiger charge is -2.25. The number of hydrogen-bond donors (Lipinski definition) is 2. The Hall–Kier alpha value is -3.84. The number of amides is 1. The maximum absolute atomic E-state index is 13.6. The lowest BCUT2D eigenvalue weighted by Crippen LogP contribution is -2.20. The highest BCUT2D eigenvalue weighted by atomic mass is 32.2. The molecule has 3 atom stereocenters. The molecule has 3 aromatic heterocycles. The van der Waals surface area contributed by atoms with Crippen molar-refractivity contribution in [2.75, 3.05) is 23.5 Å². The van der Waals surface area contributed by atoms with E-state index < -0.39 is 27.8 Å². The van der Waals surface area contributed by atoms with Gasteiger partial charge in [0.25, 0.3) is 0 Å². The topological polar surface area (TPSA) is 133 Å². The number of nitrogens with zero attached hydrogens (tertiary/aromatic N) is 5. The predicted molar refractivity (Wildman–Crippen MR) is 148 cm³/mol. The molecular formula is C27H30FN7O4S.